The summed E-state index contributed by atoms with van der Waals surface area (Å²) in [6, 6.07) is 7.09. The second-order valence-electron chi connectivity index (χ2n) is 6.02. The Morgan fingerprint density at radius 3 is 2.70 bits per heavy atom. The summed E-state index contributed by atoms with van der Waals surface area (Å²) in [5.74, 6) is 0.676. The van der Waals surface area contributed by atoms with E-state index >= 15 is 0 Å². The maximum atomic E-state index is 14.0. The summed E-state index contributed by atoms with van der Waals surface area (Å²) in [6.07, 6.45) is 4.12. The van der Waals surface area contributed by atoms with Gasteiger partial charge in [-0.25, -0.2) is 4.39 Å². The zero-order chi connectivity index (χ0) is 16.5. The van der Waals surface area contributed by atoms with E-state index in [0.717, 1.165) is 57.0 Å². The topological polar surface area (TPSA) is 45.6 Å². The Morgan fingerprint density at radius 2 is 2.04 bits per heavy atom. The molecular formula is C18H28FN3O. The van der Waals surface area contributed by atoms with Crippen LogP contribution >= 0.6 is 0 Å². The average molecular weight is 321 g/mol. The summed E-state index contributed by atoms with van der Waals surface area (Å²) in [7, 11) is 1.76. The maximum absolute atomic E-state index is 14.0. The first-order valence-corrected chi connectivity index (χ1v) is 8.49. The van der Waals surface area contributed by atoms with Crippen LogP contribution in [0.2, 0.25) is 0 Å². The molecule has 23 heavy (non-hydrogen) atoms. The van der Waals surface area contributed by atoms with Gasteiger partial charge in [0.1, 0.15) is 5.82 Å². The lowest BCUT2D eigenvalue weighted by molar-refractivity contribution is 0.143. The molecule has 0 unspecified atom stereocenters. The molecule has 0 spiro atoms. The zero-order valence-electron chi connectivity index (χ0n) is 14.2. The first-order chi connectivity index (χ1) is 11.2. The summed E-state index contributed by atoms with van der Waals surface area (Å²) in [6.45, 7) is 5.16. The van der Waals surface area contributed by atoms with Crippen LogP contribution in [0.5, 0.6) is 0 Å². The number of nitrogens with one attached hydrogen (secondary N) is 2. The molecule has 0 saturated heterocycles. The highest BCUT2D eigenvalue weighted by molar-refractivity contribution is 5.79. The second-order valence-corrected chi connectivity index (χ2v) is 6.02. The predicted octanol–water partition coefficient (Wildman–Crippen LogP) is 2.84. The molecule has 1 aliphatic carbocycles. The Balaban J connectivity index is 1.74. The molecule has 2 N–H and O–H groups in total. The van der Waals surface area contributed by atoms with Crippen LogP contribution in [-0.2, 0) is 10.2 Å². The van der Waals surface area contributed by atoms with Gasteiger partial charge in [0.05, 0.1) is 0 Å². The normalized spacial score (nSPS) is 16.2. The van der Waals surface area contributed by atoms with Crippen molar-refractivity contribution in [1.82, 2.24) is 10.6 Å². The fraction of sp³-hybridized carbons (Fsp3) is 0.611. The highest BCUT2D eigenvalue weighted by Gasteiger charge is 2.45. The number of benzene rings is 1. The number of hydrogen-bond donors (Lipinski definition) is 2. The molecular weight excluding hydrogens is 293 g/mol. The molecule has 0 radical (unpaired) electrons. The number of rotatable bonds is 9. The molecule has 0 heterocycles. The fourth-order valence-electron chi connectivity index (χ4n) is 2.74. The van der Waals surface area contributed by atoms with Gasteiger partial charge in [0.2, 0.25) is 0 Å². The molecule has 1 fully saturated rings. The van der Waals surface area contributed by atoms with Crippen molar-refractivity contribution in [1.29, 1.82) is 0 Å². The van der Waals surface area contributed by atoms with Gasteiger partial charge in [-0.1, -0.05) is 18.2 Å². The van der Waals surface area contributed by atoms with Gasteiger partial charge >= 0.3 is 0 Å². The number of aliphatic imine (C=N–C) groups is 1. The van der Waals surface area contributed by atoms with E-state index in [1.807, 2.05) is 19.1 Å². The smallest absolute Gasteiger partial charge is 0.191 e. The Kier molecular flexibility index (Phi) is 6.84. The van der Waals surface area contributed by atoms with Gasteiger partial charge in [-0.2, -0.15) is 0 Å². The maximum Gasteiger partial charge on any atom is 0.191 e. The molecule has 2 rings (SSSR count). The van der Waals surface area contributed by atoms with Crippen molar-refractivity contribution >= 4 is 5.96 Å². The summed E-state index contributed by atoms with van der Waals surface area (Å²) in [5, 5.41) is 6.64. The predicted molar refractivity (Wildman–Crippen MR) is 92.4 cm³/mol. The molecule has 4 nitrogen and oxygen atoms in total. The van der Waals surface area contributed by atoms with Crippen molar-refractivity contribution in [2.75, 3.05) is 33.4 Å². The Hall–Kier alpha value is -1.62. The monoisotopic (exact) mass is 321 g/mol. The first kappa shape index (κ1) is 17.7. The molecule has 1 aromatic carbocycles. The van der Waals surface area contributed by atoms with Crippen LogP contribution in [0.1, 0.15) is 38.2 Å². The standard InChI is InChI=1S/C18H28FN3O/c1-3-23-13-7-6-12-21-17(20-2)22-14-18(10-11-18)15-8-4-5-9-16(15)19/h4-5,8-9H,3,6-7,10-14H2,1-2H3,(H2,20,21,22). The first-order valence-electron chi connectivity index (χ1n) is 8.49. The third-order valence-corrected chi connectivity index (χ3v) is 4.33. The minimum atomic E-state index is -0.106. The molecule has 0 aliphatic heterocycles. The van der Waals surface area contributed by atoms with E-state index in [9.17, 15) is 4.39 Å². The Labute approximate surface area is 138 Å². The van der Waals surface area contributed by atoms with Crippen molar-refractivity contribution in [3.05, 3.63) is 35.6 Å². The summed E-state index contributed by atoms with van der Waals surface area (Å²) in [5.41, 5.74) is 0.748. The van der Waals surface area contributed by atoms with Crippen molar-refractivity contribution in [3.63, 3.8) is 0 Å². The van der Waals surface area contributed by atoms with Crippen LogP contribution in [-0.4, -0.2) is 39.3 Å². The number of halogens is 1. The molecule has 0 amide bonds. The largest absolute Gasteiger partial charge is 0.382 e. The van der Waals surface area contributed by atoms with Gasteiger partial charge in [-0.15, -0.1) is 0 Å². The van der Waals surface area contributed by atoms with Gasteiger partial charge in [0, 0.05) is 38.8 Å². The number of hydrogen-bond acceptors (Lipinski definition) is 2. The van der Waals surface area contributed by atoms with Gasteiger partial charge in [-0.05, 0) is 44.2 Å². The van der Waals surface area contributed by atoms with Crippen LogP contribution in [0.15, 0.2) is 29.3 Å². The SMILES string of the molecule is CCOCCCCNC(=NC)NCC1(c2ccccc2F)CC1. The lowest BCUT2D eigenvalue weighted by atomic mass is 9.95. The van der Waals surface area contributed by atoms with Crippen LogP contribution < -0.4 is 10.6 Å². The number of nitrogens with zero attached hydrogens (tertiary/aromatic N) is 1. The molecule has 1 aromatic rings. The van der Waals surface area contributed by atoms with Crippen LogP contribution in [0, 0.1) is 5.82 Å². The average Bonchev–Trinajstić information content (AvgIpc) is 3.35. The minimum Gasteiger partial charge on any atom is -0.382 e. The molecule has 1 aliphatic rings. The highest BCUT2D eigenvalue weighted by Crippen LogP contribution is 2.48. The van der Waals surface area contributed by atoms with Gasteiger partial charge in [0.25, 0.3) is 0 Å². The van der Waals surface area contributed by atoms with E-state index in [-0.39, 0.29) is 11.2 Å². The lowest BCUT2D eigenvalue weighted by Crippen LogP contribution is -2.41. The van der Waals surface area contributed by atoms with Crippen LogP contribution in [0.25, 0.3) is 0 Å². The lowest BCUT2D eigenvalue weighted by Gasteiger charge is -2.19. The zero-order valence-corrected chi connectivity index (χ0v) is 14.2. The third kappa shape index (κ3) is 5.20. The van der Waals surface area contributed by atoms with Crippen molar-refractivity contribution in [2.24, 2.45) is 4.99 Å². The third-order valence-electron chi connectivity index (χ3n) is 4.33. The van der Waals surface area contributed by atoms with E-state index < -0.39 is 0 Å². The molecule has 0 atom stereocenters. The second kappa shape index (κ2) is 8.87. The van der Waals surface area contributed by atoms with Crippen molar-refractivity contribution < 1.29 is 9.13 Å². The Morgan fingerprint density at radius 1 is 1.26 bits per heavy atom. The Bertz CT molecular complexity index is 515. The number of guanidine groups is 1. The molecule has 0 aromatic heterocycles. The summed E-state index contributed by atoms with van der Waals surface area (Å²) >= 11 is 0. The van der Waals surface area contributed by atoms with E-state index in [2.05, 4.69) is 15.6 Å². The molecule has 0 bridgehead atoms. The molecule has 1 saturated carbocycles. The van der Waals surface area contributed by atoms with Crippen LogP contribution in [0.3, 0.4) is 0 Å². The summed E-state index contributed by atoms with van der Waals surface area (Å²) in [4.78, 5) is 4.24. The van der Waals surface area contributed by atoms with E-state index in [1.165, 1.54) is 0 Å². The quantitative estimate of drug-likeness (QED) is 0.418. The van der Waals surface area contributed by atoms with Crippen molar-refractivity contribution in [2.45, 2.75) is 38.0 Å². The van der Waals surface area contributed by atoms with E-state index in [0.29, 0.717) is 6.54 Å². The number of unbranched alkanes of at least 4 members (excludes halogenated alkanes) is 1. The highest BCUT2D eigenvalue weighted by atomic mass is 19.1. The van der Waals surface area contributed by atoms with Gasteiger partial charge in [0.15, 0.2) is 5.96 Å². The van der Waals surface area contributed by atoms with Gasteiger partial charge in [-0.3, -0.25) is 4.99 Å². The van der Waals surface area contributed by atoms with Crippen LogP contribution in [0.4, 0.5) is 4.39 Å². The molecule has 128 valence electrons. The van der Waals surface area contributed by atoms with Crippen molar-refractivity contribution in [3.8, 4) is 0 Å². The fourth-order valence-corrected chi connectivity index (χ4v) is 2.74. The van der Waals surface area contributed by atoms with E-state index in [1.54, 1.807) is 19.2 Å². The number of ether oxygens (including phenoxy) is 1. The minimum absolute atomic E-state index is 0.0715. The molecule has 5 heteroatoms. The summed E-state index contributed by atoms with van der Waals surface area (Å²) < 4.78 is 19.3. The van der Waals surface area contributed by atoms with E-state index in [4.69, 9.17) is 4.74 Å². The van der Waals surface area contributed by atoms with Gasteiger partial charge < -0.3 is 15.4 Å².